The second-order valence-corrected chi connectivity index (χ2v) is 2.77. The largest absolute Gasteiger partial charge is 0.472 e. The number of aliphatic hydroxyl groups excluding tert-OH is 1. The van der Waals surface area contributed by atoms with Gasteiger partial charge in [-0.1, -0.05) is 0 Å². The van der Waals surface area contributed by atoms with Crippen LogP contribution in [0.3, 0.4) is 0 Å². The number of furan rings is 1. The average Bonchev–Trinajstić information content (AvgIpc) is 2.55. The van der Waals surface area contributed by atoms with Gasteiger partial charge in [0.15, 0.2) is 0 Å². The zero-order chi connectivity index (χ0) is 7.68. The number of aliphatic hydroxyl groups is 1. The molecule has 11 heavy (non-hydrogen) atoms. The van der Waals surface area contributed by atoms with Gasteiger partial charge in [-0.25, -0.2) is 0 Å². The Morgan fingerprint density at radius 1 is 1.45 bits per heavy atom. The molecule has 1 aliphatic heterocycles. The molecule has 3 nitrogen and oxygen atoms in total. The van der Waals surface area contributed by atoms with Gasteiger partial charge in [0.2, 0.25) is 0 Å². The highest BCUT2D eigenvalue weighted by atomic mass is 16.5. The van der Waals surface area contributed by atoms with E-state index in [1.165, 1.54) is 0 Å². The molecule has 0 bridgehead atoms. The van der Waals surface area contributed by atoms with Crippen LogP contribution in [0.25, 0.3) is 0 Å². The third-order valence-corrected chi connectivity index (χ3v) is 2.02. The molecule has 60 valence electrons. The Hall–Kier alpha value is -0.800. The van der Waals surface area contributed by atoms with Crippen LogP contribution >= 0.6 is 0 Å². The molecule has 0 unspecified atom stereocenters. The molecule has 1 N–H and O–H groups in total. The van der Waals surface area contributed by atoms with Gasteiger partial charge < -0.3 is 14.3 Å². The van der Waals surface area contributed by atoms with Gasteiger partial charge >= 0.3 is 0 Å². The molecule has 2 rings (SSSR count). The molecule has 2 heterocycles. The van der Waals surface area contributed by atoms with E-state index in [0.29, 0.717) is 13.2 Å². The van der Waals surface area contributed by atoms with Gasteiger partial charge in [-0.15, -0.1) is 0 Å². The first-order chi connectivity index (χ1) is 5.38. The van der Waals surface area contributed by atoms with E-state index in [0.717, 1.165) is 5.56 Å². The van der Waals surface area contributed by atoms with E-state index in [4.69, 9.17) is 9.15 Å². The van der Waals surface area contributed by atoms with E-state index >= 15 is 0 Å². The smallest absolute Gasteiger partial charge is 0.0939 e. The van der Waals surface area contributed by atoms with E-state index in [9.17, 15) is 5.11 Å². The first kappa shape index (κ1) is 6.88. The molecule has 0 aromatic carbocycles. The third-order valence-electron chi connectivity index (χ3n) is 2.02. The normalized spacial score (nSPS) is 31.0. The number of rotatable bonds is 1. The van der Waals surface area contributed by atoms with Crippen LogP contribution in [-0.2, 0) is 4.74 Å². The summed E-state index contributed by atoms with van der Waals surface area (Å²) in [6, 6.07) is 1.86. The number of hydrogen-bond acceptors (Lipinski definition) is 3. The Balaban J connectivity index is 2.16. The van der Waals surface area contributed by atoms with Gasteiger partial charge in [-0.05, 0) is 11.6 Å². The van der Waals surface area contributed by atoms with E-state index in [1.807, 2.05) is 6.07 Å². The fourth-order valence-electron chi connectivity index (χ4n) is 1.35. The predicted octanol–water partition coefficient (Wildman–Crippen LogP) is 0.754. The molecule has 1 fully saturated rings. The number of ether oxygens (including phenoxy) is 1. The molecule has 1 aromatic heterocycles. The summed E-state index contributed by atoms with van der Waals surface area (Å²) in [4.78, 5) is 0. The van der Waals surface area contributed by atoms with Crippen molar-refractivity contribution in [3.63, 3.8) is 0 Å². The van der Waals surface area contributed by atoms with E-state index < -0.39 is 0 Å². The summed E-state index contributed by atoms with van der Waals surface area (Å²) in [5.74, 6) is 0.105. The van der Waals surface area contributed by atoms with Gasteiger partial charge in [-0.2, -0.15) is 0 Å². The molecular formula is C8H10O3. The summed E-state index contributed by atoms with van der Waals surface area (Å²) >= 11 is 0. The standard InChI is InChI=1S/C8H10O3/c9-8-5-11-4-7(8)6-1-2-10-3-6/h1-3,7-9H,4-5H2/t7-,8+/m0/s1. The van der Waals surface area contributed by atoms with Gasteiger partial charge in [0, 0.05) is 5.92 Å². The first-order valence-electron chi connectivity index (χ1n) is 3.66. The zero-order valence-corrected chi connectivity index (χ0v) is 6.06. The molecule has 1 aliphatic rings. The summed E-state index contributed by atoms with van der Waals surface area (Å²) in [5, 5.41) is 9.39. The Morgan fingerprint density at radius 2 is 2.36 bits per heavy atom. The van der Waals surface area contributed by atoms with Gasteiger partial charge in [0.1, 0.15) is 0 Å². The van der Waals surface area contributed by atoms with Crippen LogP contribution < -0.4 is 0 Å². The lowest BCUT2D eigenvalue weighted by molar-refractivity contribution is 0.124. The second-order valence-electron chi connectivity index (χ2n) is 2.77. The lowest BCUT2D eigenvalue weighted by Crippen LogP contribution is -2.14. The van der Waals surface area contributed by atoms with Crippen molar-refractivity contribution in [3.8, 4) is 0 Å². The van der Waals surface area contributed by atoms with Crippen LogP contribution in [0.1, 0.15) is 11.5 Å². The van der Waals surface area contributed by atoms with E-state index in [-0.39, 0.29) is 12.0 Å². The van der Waals surface area contributed by atoms with Crippen LogP contribution in [0, 0.1) is 0 Å². The summed E-state index contributed by atoms with van der Waals surface area (Å²) in [6.07, 6.45) is 2.90. The SMILES string of the molecule is O[C@@H]1COC[C@H]1c1ccoc1. The Kier molecular flexibility index (Phi) is 1.68. The minimum atomic E-state index is -0.368. The zero-order valence-electron chi connectivity index (χ0n) is 6.06. The molecule has 2 atom stereocenters. The fourth-order valence-corrected chi connectivity index (χ4v) is 1.35. The molecule has 1 saturated heterocycles. The lowest BCUT2D eigenvalue weighted by Gasteiger charge is -2.08. The maximum atomic E-state index is 9.39. The third kappa shape index (κ3) is 1.17. The average molecular weight is 154 g/mol. The van der Waals surface area contributed by atoms with E-state index in [1.54, 1.807) is 12.5 Å². The lowest BCUT2D eigenvalue weighted by atomic mass is 10.00. The van der Waals surface area contributed by atoms with Gasteiger partial charge in [0.25, 0.3) is 0 Å². The monoisotopic (exact) mass is 154 g/mol. The Labute approximate surface area is 64.6 Å². The highest BCUT2D eigenvalue weighted by Gasteiger charge is 2.28. The second kappa shape index (κ2) is 2.68. The highest BCUT2D eigenvalue weighted by Crippen LogP contribution is 2.25. The molecule has 0 spiro atoms. The minimum Gasteiger partial charge on any atom is -0.472 e. The molecular weight excluding hydrogens is 144 g/mol. The summed E-state index contributed by atoms with van der Waals surface area (Å²) < 4.78 is 10.0. The highest BCUT2D eigenvalue weighted by molar-refractivity contribution is 5.15. The maximum Gasteiger partial charge on any atom is 0.0939 e. The Morgan fingerprint density at radius 3 is 2.91 bits per heavy atom. The topological polar surface area (TPSA) is 42.6 Å². The molecule has 0 amide bonds. The summed E-state index contributed by atoms with van der Waals surface area (Å²) in [7, 11) is 0. The summed E-state index contributed by atoms with van der Waals surface area (Å²) in [5.41, 5.74) is 1.02. The van der Waals surface area contributed by atoms with Gasteiger partial charge in [-0.3, -0.25) is 0 Å². The molecule has 3 heteroatoms. The van der Waals surface area contributed by atoms with Gasteiger partial charge in [0.05, 0.1) is 31.8 Å². The minimum absolute atomic E-state index is 0.105. The van der Waals surface area contributed by atoms with Crippen LogP contribution in [0.4, 0.5) is 0 Å². The van der Waals surface area contributed by atoms with Crippen molar-refractivity contribution >= 4 is 0 Å². The molecule has 0 aliphatic carbocycles. The van der Waals surface area contributed by atoms with Crippen LogP contribution in [-0.4, -0.2) is 24.4 Å². The van der Waals surface area contributed by atoms with Crippen LogP contribution in [0.2, 0.25) is 0 Å². The first-order valence-corrected chi connectivity index (χ1v) is 3.66. The predicted molar refractivity (Wildman–Crippen MR) is 38.3 cm³/mol. The fraction of sp³-hybridized carbons (Fsp3) is 0.500. The molecule has 1 aromatic rings. The van der Waals surface area contributed by atoms with Crippen molar-refractivity contribution in [2.24, 2.45) is 0 Å². The maximum absolute atomic E-state index is 9.39. The quantitative estimate of drug-likeness (QED) is 0.649. The summed E-state index contributed by atoms with van der Waals surface area (Å²) in [6.45, 7) is 1.04. The van der Waals surface area contributed by atoms with Crippen LogP contribution in [0.15, 0.2) is 23.0 Å². The van der Waals surface area contributed by atoms with Crippen molar-refractivity contribution in [3.05, 3.63) is 24.2 Å². The van der Waals surface area contributed by atoms with Crippen molar-refractivity contribution < 1.29 is 14.3 Å². The van der Waals surface area contributed by atoms with Crippen molar-refractivity contribution in [2.75, 3.05) is 13.2 Å². The van der Waals surface area contributed by atoms with Crippen LogP contribution in [0.5, 0.6) is 0 Å². The van der Waals surface area contributed by atoms with Crippen molar-refractivity contribution in [2.45, 2.75) is 12.0 Å². The Bertz CT molecular complexity index is 217. The molecule has 0 radical (unpaired) electrons. The van der Waals surface area contributed by atoms with E-state index in [2.05, 4.69) is 0 Å². The van der Waals surface area contributed by atoms with Crippen molar-refractivity contribution in [1.29, 1.82) is 0 Å². The number of hydrogen-bond donors (Lipinski definition) is 1. The molecule has 0 saturated carbocycles. The van der Waals surface area contributed by atoms with Crippen molar-refractivity contribution in [1.82, 2.24) is 0 Å².